The van der Waals surface area contributed by atoms with Crippen LogP contribution in [0.2, 0.25) is 5.02 Å². The Morgan fingerprint density at radius 3 is 2.37 bits per heavy atom. The van der Waals surface area contributed by atoms with Gasteiger partial charge in [0.2, 0.25) is 11.7 Å². The van der Waals surface area contributed by atoms with Gasteiger partial charge in [0, 0.05) is 42.8 Å². The summed E-state index contributed by atoms with van der Waals surface area (Å²) >= 11 is 6.15. The fourth-order valence-corrected chi connectivity index (χ4v) is 7.81. The predicted molar refractivity (Wildman–Crippen MR) is 203 cm³/mol. The molecule has 2 N–H and O–H groups in total. The van der Waals surface area contributed by atoms with Gasteiger partial charge in [-0.1, -0.05) is 30.7 Å². The first-order valence-electron chi connectivity index (χ1n) is 18.3. The van der Waals surface area contributed by atoms with Crippen molar-refractivity contribution in [3.05, 3.63) is 92.1 Å². The minimum atomic E-state index is -4.64. The Bertz CT molecular complexity index is 2460. The van der Waals surface area contributed by atoms with Gasteiger partial charge in [0.15, 0.2) is 17.3 Å². The Balaban J connectivity index is 1.27. The molecule has 4 heterocycles. The van der Waals surface area contributed by atoms with E-state index in [4.69, 9.17) is 11.6 Å². The largest absolute Gasteiger partial charge is 0.504 e. The zero-order chi connectivity index (χ0) is 41.0. The Morgan fingerprint density at radius 1 is 1.05 bits per heavy atom. The van der Waals surface area contributed by atoms with Crippen molar-refractivity contribution >= 4 is 40.6 Å². The highest BCUT2D eigenvalue weighted by Gasteiger charge is 2.42. The second-order valence-corrected chi connectivity index (χ2v) is 14.7. The maximum atomic E-state index is 15.9. The normalized spacial score (nSPS) is 15.6. The smallest absolute Gasteiger partial charge is 0.416 e. The molecule has 1 aliphatic carbocycles. The van der Waals surface area contributed by atoms with Gasteiger partial charge in [-0.2, -0.15) is 22.7 Å². The van der Waals surface area contributed by atoms with E-state index in [2.05, 4.69) is 25.4 Å². The van der Waals surface area contributed by atoms with Crippen molar-refractivity contribution in [1.82, 2.24) is 38.9 Å². The van der Waals surface area contributed by atoms with Crippen LogP contribution in [0.3, 0.4) is 0 Å². The van der Waals surface area contributed by atoms with Crippen molar-refractivity contribution in [3.63, 3.8) is 0 Å². The number of aromatic nitrogens is 6. The van der Waals surface area contributed by atoms with Crippen molar-refractivity contribution in [3.8, 4) is 17.1 Å². The van der Waals surface area contributed by atoms with E-state index in [1.807, 2.05) is 19.0 Å². The van der Waals surface area contributed by atoms with E-state index in [1.54, 1.807) is 30.9 Å². The van der Waals surface area contributed by atoms with E-state index in [1.165, 1.54) is 21.9 Å². The molecule has 0 spiro atoms. The molecule has 1 saturated carbocycles. The van der Waals surface area contributed by atoms with Crippen LogP contribution in [0, 0.1) is 12.7 Å². The number of hydrogen-bond donors (Lipinski definition) is 2. The minimum absolute atomic E-state index is 0.0269. The molecule has 0 radical (unpaired) electrons. The summed E-state index contributed by atoms with van der Waals surface area (Å²) in [6.07, 6.45) is -0.659. The van der Waals surface area contributed by atoms with Crippen LogP contribution in [0.4, 0.5) is 28.9 Å². The predicted octanol–water partition coefficient (Wildman–Crippen LogP) is 5.28. The summed E-state index contributed by atoms with van der Waals surface area (Å²) in [4.78, 5) is 59.2. The number of aromatic hydroxyl groups is 1. The zero-order valence-corrected chi connectivity index (χ0v) is 32.2. The average Bonchev–Trinajstić information content (AvgIpc) is 3.60. The molecule has 2 amide bonds. The van der Waals surface area contributed by atoms with Gasteiger partial charge in [0.25, 0.3) is 11.5 Å². The molecule has 0 atom stereocenters. The van der Waals surface area contributed by atoms with E-state index in [-0.39, 0.29) is 77.7 Å². The topological polar surface area (TPSA) is 154 Å². The van der Waals surface area contributed by atoms with Crippen LogP contribution in [0.1, 0.15) is 59.2 Å². The molecule has 1 saturated heterocycles. The third-order valence-electron chi connectivity index (χ3n) is 10.9. The quantitative estimate of drug-likeness (QED) is 0.188. The molecule has 2 aromatic carbocycles. The third kappa shape index (κ3) is 7.15. The number of halogens is 5. The molecular formula is C38H39ClF4N10O4. The summed E-state index contributed by atoms with van der Waals surface area (Å²) in [6.45, 7) is 3.53. The number of carbonyl (C=O) groups excluding carboxylic acids is 2. The monoisotopic (exact) mass is 810 g/mol. The van der Waals surface area contributed by atoms with Crippen molar-refractivity contribution in [2.24, 2.45) is 0 Å². The summed E-state index contributed by atoms with van der Waals surface area (Å²) in [5.74, 6) is -1.96. The lowest BCUT2D eigenvalue weighted by Gasteiger charge is -2.48. The van der Waals surface area contributed by atoms with E-state index in [9.17, 15) is 32.7 Å². The van der Waals surface area contributed by atoms with Crippen LogP contribution < -0.4 is 15.8 Å². The molecular weight excluding hydrogens is 772 g/mol. The van der Waals surface area contributed by atoms with Crippen molar-refractivity contribution in [1.29, 1.82) is 0 Å². The number of aryl methyl sites for hydroxylation is 1. The van der Waals surface area contributed by atoms with Gasteiger partial charge in [0.1, 0.15) is 24.4 Å². The number of carbonyl (C=O) groups is 2. The van der Waals surface area contributed by atoms with E-state index in [0.717, 1.165) is 35.9 Å². The molecule has 5 aromatic rings. The molecule has 57 heavy (non-hydrogen) atoms. The number of piperazine rings is 1. The van der Waals surface area contributed by atoms with Crippen molar-refractivity contribution in [2.45, 2.75) is 57.8 Å². The van der Waals surface area contributed by atoms with E-state index in [0.29, 0.717) is 22.9 Å². The van der Waals surface area contributed by atoms with Crippen LogP contribution >= 0.6 is 11.6 Å². The van der Waals surface area contributed by atoms with Gasteiger partial charge in [0.05, 0.1) is 27.7 Å². The van der Waals surface area contributed by atoms with Gasteiger partial charge in [-0.15, -0.1) is 5.10 Å². The number of anilines is 2. The molecule has 2 aliphatic rings. The first kappa shape index (κ1) is 39.6. The number of nitrogens with zero attached hydrogens (tertiary/aromatic N) is 9. The summed E-state index contributed by atoms with van der Waals surface area (Å²) in [6, 6.07) is 7.29. The molecule has 7 rings (SSSR count). The highest BCUT2D eigenvalue weighted by molar-refractivity contribution is 6.33. The van der Waals surface area contributed by atoms with Crippen LogP contribution in [0.15, 0.2) is 47.5 Å². The highest BCUT2D eigenvalue weighted by atomic mass is 35.5. The zero-order valence-electron chi connectivity index (χ0n) is 31.5. The van der Waals surface area contributed by atoms with Gasteiger partial charge in [-0.3, -0.25) is 19.3 Å². The molecule has 0 bridgehead atoms. The number of rotatable bonds is 9. The lowest BCUT2D eigenvalue weighted by molar-refractivity contribution is -0.137. The van der Waals surface area contributed by atoms with Crippen LogP contribution in [0.5, 0.6) is 5.75 Å². The fourth-order valence-electron chi connectivity index (χ4n) is 7.58. The van der Waals surface area contributed by atoms with Crippen molar-refractivity contribution in [2.75, 3.05) is 50.5 Å². The number of amides is 2. The SMILES string of the molecule is CCc1c(N2CCN(C(=O)c3ncnc(C)c3O)CC2)c(=O)n2nc(-c3ccc(C4(N(C)C)CCC4)c(F)c3)nc2n1CC(=O)Nc1ccc(C(F)(F)F)cc1Cl. The number of hydrogen-bond acceptors (Lipinski definition) is 10. The minimum Gasteiger partial charge on any atom is -0.504 e. The maximum absolute atomic E-state index is 15.9. The van der Waals surface area contributed by atoms with E-state index < -0.39 is 47.0 Å². The van der Waals surface area contributed by atoms with Crippen LogP contribution in [0.25, 0.3) is 17.2 Å². The maximum Gasteiger partial charge on any atom is 0.416 e. The lowest BCUT2D eigenvalue weighted by atomic mass is 9.70. The first-order chi connectivity index (χ1) is 27.0. The summed E-state index contributed by atoms with van der Waals surface area (Å²) in [5.41, 5.74) is -0.508. The van der Waals surface area contributed by atoms with E-state index >= 15 is 4.39 Å². The third-order valence-corrected chi connectivity index (χ3v) is 11.2. The second kappa shape index (κ2) is 15.0. The van der Waals surface area contributed by atoms with Crippen molar-refractivity contribution < 1.29 is 32.3 Å². The summed E-state index contributed by atoms with van der Waals surface area (Å²) in [7, 11) is 3.83. The van der Waals surface area contributed by atoms with Gasteiger partial charge < -0.3 is 24.8 Å². The summed E-state index contributed by atoms with van der Waals surface area (Å²) in [5, 5.41) is 17.2. The number of nitrogens with one attached hydrogen (secondary N) is 1. The molecule has 300 valence electrons. The number of benzene rings is 2. The Kier molecular flexibility index (Phi) is 10.5. The first-order valence-corrected chi connectivity index (χ1v) is 18.6. The van der Waals surface area contributed by atoms with Crippen LogP contribution in [-0.2, 0) is 29.5 Å². The average molecular weight is 811 g/mol. The molecule has 19 heteroatoms. The molecule has 3 aromatic heterocycles. The molecule has 0 unspecified atom stereocenters. The highest BCUT2D eigenvalue weighted by Crippen LogP contribution is 2.46. The van der Waals surface area contributed by atoms with Gasteiger partial charge in [-0.25, -0.2) is 14.4 Å². The molecule has 14 nitrogen and oxygen atoms in total. The Hall–Kier alpha value is -5.62. The standard InChI is InChI=1S/C38H39ClF4N10O4/c1-5-28-31(50-13-15-51(16-14-50)34(56)30-32(55)21(2)44-20-45-30)35(57)53-36(52(28)19-29(54)46-27-10-8-23(18-25(27)39)38(41,42)43)47-33(48-53)22-7-9-24(26(40)17-22)37(49(3)4)11-6-12-37/h7-10,17-18,20,55H,5-6,11-16,19H2,1-4H3,(H,46,54). The molecule has 2 fully saturated rings. The Labute approximate surface area is 328 Å². The fraction of sp³-hybridized carbons (Fsp3) is 0.395. The summed E-state index contributed by atoms with van der Waals surface area (Å²) < 4.78 is 58.3. The molecule has 1 aliphatic heterocycles. The lowest BCUT2D eigenvalue weighted by Crippen LogP contribution is -2.51. The van der Waals surface area contributed by atoms with Crippen LogP contribution in [-0.4, -0.2) is 96.1 Å². The Morgan fingerprint density at radius 2 is 1.77 bits per heavy atom. The number of alkyl halides is 3. The second-order valence-electron chi connectivity index (χ2n) is 14.3. The van der Waals surface area contributed by atoms with Gasteiger partial charge in [-0.05, 0) is 71.0 Å². The van der Waals surface area contributed by atoms with Gasteiger partial charge >= 0.3 is 6.18 Å². The number of fused-ring (bicyclic) bond motifs is 1.